The zero-order valence-corrected chi connectivity index (χ0v) is 38.5. The van der Waals surface area contributed by atoms with Crippen molar-refractivity contribution in [3.05, 3.63) is 72.4 Å². The molecule has 0 saturated heterocycles. The molecule has 0 fully saturated rings. The summed E-state index contributed by atoms with van der Waals surface area (Å²) >= 11 is 0. The molecule has 9 nitrogen and oxygen atoms in total. The van der Waals surface area contributed by atoms with E-state index in [1.54, 1.807) is 0 Å². The average Bonchev–Trinajstić information content (AvgIpc) is 3.23. The second-order valence-electron chi connectivity index (χ2n) is 15.7. The molecule has 0 spiro atoms. The Morgan fingerprint density at radius 3 is 1.28 bits per heavy atom. The zero-order chi connectivity index (χ0) is 43.4. The standard InChI is InChI=1S/C51H85NO8/c1-5-7-9-11-13-15-17-19-20-22-24-26-28-30-32-34-51(54)60-42-38-56-36-40-58-49-44-47(46-52(3)4)43-48(45-49)57-39-35-55-37-41-59-50(53)33-31-29-27-25-23-21-18-16-14-12-10-8-6-2/h13-16,19-21,23,43-45H,5-12,17-18,22,24-42,46H2,1-4H3/b15-13-,16-14-,20-19-,23-21-. The number of rotatable bonds is 42. The van der Waals surface area contributed by atoms with Gasteiger partial charge in [0.25, 0.3) is 0 Å². The molecular formula is C51H85NO8. The topological polar surface area (TPSA) is 92.8 Å². The Morgan fingerprint density at radius 1 is 0.467 bits per heavy atom. The van der Waals surface area contributed by atoms with Gasteiger partial charge in [0.05, 0.1) is 26.4 Å². The lowest BCUT2D eigenvalue weighted by Gasteiger charge is -2.15. The summed E-state index contributed by atoms with van der Waals surface area (Å²) in [4.78, 5) is 26.2. The van der Waals surface area contributed by atoms with Crippen LogP contribution in [-0.2, 0) is 35.1 Å². The summed E-state index contributed by atoms with van der Waals surface area (Å²) in [6.07, 6.45) is 41.8. The van der Waals surface area contributed by atoms with E-state index in [1.165, 1.54) is 64.2 Å². The molecule has 0 aliphatic rings. The summed E-state index contributed by atoms with van der Waals surface area (Å²) in [5.41, 5.74) is 1.06. The molecule has 0 amide bonds. The third kappa shape index (κ3) is 37.6. The number of unbranched alkanes of at least 4 members (excludes halogenated alkanes) is 14. The molecule has 1 rings (SSSR count). The van der Waals surface area contributed by atoms with Gasteiger partial charge in [-0.2, -0.15) is 0 Å². The van der Waals surface area contributed by atoms with Crippen molar-refractivity contribution in [2.24, 2.45) is 0 Å². The molecule has 0 aliphatic heterocycles. The minimum Gasteiger partial charge on any atom is -0.491 e. The molecule has 0 aromatic heterocycles. The molecule has 1 aromatic rings. The maximum Gasteiger partial charge on any atom is 0.305 e. The number of carbonyl (C=O) groups excluding carboxylic acids is 2. The second-order valence-corrected chi connectivity index (χ2v) is 15.7. The van der Waals surface area contributed by atoms with Crippen LogP contribution in [0.4, 0.5) is 0 Å². The SMILES string of the molecule is CCCCC/C=C\C/C=C\CCCCCCCC(=O)OCCOCCOc1cc(CN(C)C)cc(OCCOCCOC(=O)CCCCC/C=C\C/C=C\CCCCC)c1. The minimum atomic E-state index is -0.171. The number of hydrogen-bond donors (Lipinski definition) is 0. The lowest BCUT2D eigenvalue weighted by molar-refractivity contribution is -0.146. The first-order chi connectivity index (χ1) is 29.4. The number of benzene rings is 1. The van der Waals surface area contributed by atoms with Gasteiger partial charge in [-0.15, -0.1) is 0 Å². The molecule has 0 unspecified atom stereocenters. The van der Waals surface area contributed by atoms with Crippen molar-refractivity contribution in [1.29, 1.82) is 0 Å². The molecule has 0 saturated carbocycles. The zero-order valence-electron chi connectivity index (χ0n) is 38.5. The van der Waals surface area contributed by atoms with Crippen LogP contribution in [-0.4, -0.2) is 83.8 Å². The molecule has 9 heteroatoms. The predicted molar refractivity (Wildman–Crippen MR) is 248 cm³/mol. The molecule has 60 heavy (non-hydrogen) atoms. The first-order valence-corrected chi connectivity index (χ1v) is 23.6. The van der Waals surface area contributed by atoms with E-state index in [4.69, 9.17) is 28.4 Å². The number of ether oxygens (including phenoxy) is 6. The largest absolute Gasteiger partial charge is 0.491 e. The van der Waals surface area contributed by atoms with Gasteiger partial charge < -0.3 is 33.3 Å². The first kappa shape index (κ1) is 54.6. The van der Waals surface area contributed by atoms with Crippen molar-refractivity contribution in [2.75, 3.05) is 67.0 Å². The van der Waals surface area contributed by atoms with Crippen LogP contribution in [0.25, 0.3) is 0 Å². The number of nitrogens with zero attached hydrogens (tertiary/aromatic N) is 1. The van der Waals surface area contributed by atoms with Crippen LogP contribution in [0.1, 0.15) is 161 Å². The van der Waals surface area contributed by atoms with Crippen molar-refractivity contribution < 1.29 is 38.0 Å². The highest BCUT2D eigenvalue weighted by Crippen LogP contribution is 2.24. The van der Waals surface area contributed by atoms with Crippen molar-refractivity contribution in [3.63, 3.8) is 0 Å². The van der Waals surface area contributed by atoms with Crippen LogP contribution < -0.4 is 9.47 Å². The van der Waals surface area contributed by atoms with E-state index < -0.39 is 0 Å². The molecule has 0 bridgehead atoms. The maximum absolute atomic E-state index is 12.1. The monoisotopic (exact) mass is 840 g/mol. The Bertz CT molecular complexity index is 1270. The number of esters is 2. The summed E-state index contributed by atoms with van der Waals surface area (Å²) < 4.78 is 33.9. The molecule has 1 aromatic carbocycles. The average molecular weight is 840 g/mol. The number of hydrogen-bond acceptors (Lipinski definition) is 9. The Hall–Kier alpha value is -3.40. The number of allylic oxidation sites excluding steroid dienone is 8. The molecule has 0 heterocycles. The van der Waals surface area contributed by atoms with Gasteiger partial charge in [-0.25, -0.2) is 0 Å². The van der Waals surface area contributed by atoms with E-state index in [0.29, 0.717) is 64.0 Å². The van der Waals surface area contributed by atoms with E-state index >= 15 is 0 Å². The summed E-state index contributed by atoms with van der Waals surface area (Å²) in [5, 5.41) is 0. The summed E-state index contributed by atoms with van der Waals surface area (Å²) in [7, 11) is 4.03. The van der Waals surface area contributed by atoms with E-state index in [2.05, 4.69) is 67.4 Å². The minimum absolute atomic E-state index is 0.160. The van der Waals surface area contributed by atoms with Crippen LogP contribution in [0.15, 0.2) is 66.8 Å². The van der Waals surface area contributed by atoms with E-state index in [-0.39, 0.29) is 25.2 Å². The third-order valence-electron chi connectivity index (χ3n) is 9.58. The fourth-order valence-electron chi connectivity index (χ4n) is 6.28. The summed E-state index contributed by atoms with van der Waals surface area (Å²) in [6.45, 7) is 7.84. The third-order valence-corrected chi connectivity index (χ3v) is 9.58. The molecular weight excluding hydrogens is 755 g/mol. The second kappa shape index (κ2) is 42.3. The van der Waals surface area contributed by atoms with Crippen LogP contribution in [0.2, 0.25) is 0 Å². The maximum atomic E-state index is 12.1. The smallest absolute Gasteiger partial charge is 0.305 e. The van der Waals surface area contributed by atoms with Crippen molar-refractivity contribution in [3.8, 4) is 11.5 Å². The molecule has 0 aliphatic carbocycles. The van der Waals surface area contributed by atoms with Crippen molar-refractivity contribution >= 4 is 11.9 Å². The van der Waals surface area contributed by atoms with Gasteiger partial charge in [0.1, 0.15) is 37.9 Å². The van der Waals surface area contributed by atoms with Gasteiger partial charge in [-0.3, -0.25) is 9.59 Å². The molecule has 342 valence electrons. The van der Waals surface area contributed by atoms with Crippen molar-refractivity contribution in [1.82, 2.24) is 4.90 Å². The van der Waals surface area contributed by atoms with Gasteiger partial charge in [0, 0.05) is 25.5 Å². The van der Waals surface area contributed by atoms with Gasteiger partial charge in [-0.05, 0) is 109 Å². The summed E-state index contributed by atoms with van der Waals surface area (Å²) in [5.74, 6) is 1.06. The predicted octanol–water partition coefficient (Wildman–Crippen LogP) is 12.5. The van der Waals surface area contributed by atoms with Crippen LogP contribution in [0.5, 0.6) is 11.5 Å². The van der Waals surface area contributed by atoms with E-state index in [0.717, 1.165) is 76.3 Å². The molecule has 0 N–H and O–H groups in total. The Balaban J connectivity index is 2.09. The molecule has 0 radical (unpaired) electrons. The van der Waals surface area contributed by atoms with E-state index in [1.807, 2.05) is 32.3 Å². The van der Waals surface area contributed by atoms with Crippen molar-refractivity contribution in [2.45, 2.75) is 162 Å². The lowest BCUT2D eigenvalue weighted by atomic mass is 10.1. The Labute approximate surface area is 366 Å². The van der Waals surface area contributed by atoms with Crippen LogP contribution in [0, 0.1) is 0 Å². The van der Waals surface area contributed by atoms with Gasteiger partial charge in [0.15, 0.2) is 0 Å². The van der Waals surface area contributed by atoms with E-state index in [9.17, 15) is 9.59 Å². The Morgan fingerprint density at radius 2 is 0.850 bits per heavy atom. The van der Waals surface area contributed by atoms with Gasteiger partial charge >= 0.3 is 11.9 Å². The fraction of sp³-hybridized carbons (Fsp3) is 0.686. The quantitative estimate of drug-likeness (QED) is 0.0362. The van der Waals surface area contributed by atoms with Gasteiger partial charge in [-0.1, -0.05) is 114 Å². The fourth-order valence-corrected chi connectivity index (χ4v) is 6.28. The Kier molecular flexibility index (Phi) is 38.5. The number of carbonyl (C=O) groups is 2. The highest BCUT2D eigenvalue weighted by atomic mass is 16.6. The van der Waals surface area contributed by atoms with Crippen LogP contribution in [0.3, 0.4) is 0 Å². The normalized spacial score (nSPS) is 11.9. The highest BCUT2D eigenvalue weighted by molar-refractivity contribution is 5.69. The first-order valence-electron chi connectivity index (χ1n) is 23.6. The van der Waals surface area contributed by atoms with Gasteiger partial charge in [0.2, 0.25) is 0 Å². The molecule has 0 atom stereocenters. The van der Waals surface area contributed by atoms with Crippen LogP contribution >= 0.6 is 0 Å². The highest BCUT2D eigenvalue weighted by Gasteiger charge is 2.07. The summed E-state index contributed by atoms with van der Waals surface area (Å²) in [6, 6.07) is 5.86. The lowest BCUT2D eigenvalue weighted by Crippen LogP contribution is -2.15.